The van der Waals surface area contributed by atoms with Crippen LogP contribution in [0.4, 0.5) is 0 Å². The van der Waals surface area contributed by atoms with Crippen molar-refractivity contribution in [3.8, 4) is 5.75 Å². The van der Waals surface area contributed by atoms with E-state index in [2.05, 4.69) is 5.32 Å². The maximum atomic E-state index is 12.1. The average molecular weight is 283 g/mol. The van der Waals surface area contributed by atoms with Gasteiger partial charge in [0.25, 0.3) is 0 Å². The molecule has 21 heavy (non-hydrogen) atoms. The van der Waals surface area contributed by atoms with Crippen LogP contribution in [0.5, 0.6) is 5.75 Å². The zero-order valence-electron chi connectivity index (χ0n) is 12.7. The molecule has 1 N–H and O–H groups in total. The van der Waals surface area contributed by atoms with Gasteiger partial charge in [-0.2, -0.15) is 0 Å². The quantitative estimate of drug-likeness (QED) is 0.913. The van der Waals surface area contributed by atoms with Gasteiger partial charge in [0.15, 0.2) is 0 Å². The molecule has 0 aromatic heterocycles. The molecule has 3 heteroatoms. The second-order valence-electron chi connectivity index (χ2n) is 5.23. The Labute approximate surface area is 126 Å². The van der Waals surface area contributed by atoms with E-state index in [1.54, 1.807) is 7.11 Å². The van der Waals surface area contributed by atoms with Crippen LogP contribution in [-0.4, -0.2) is 13.0 Å². The van der Waals surface area contributed by atoms with Gasteiger partial charge < -0.3 is 10.1 Å². The van der Waals surface area contributed by atoms with E-state index in [1.165, 1.54) is 5.56 Å². The lowest BCUT2D eigenvalue weighted by Crippen LogP contribution is -2.28. The van der Waals surface area contributed by atoms with Crippen LogP contribution in [0.1, 0.15) is 29.7 Å². The fourth-order valence-corrected chi connectivity index (χ4v) is 2.18. The number of ether oxygens (including phenoxy) is 1. The molecule has 0 fully saturated rings. The van der Waals surface area contributed by atoms with Crippen molar-refractivity contribution in [2.45, 2.75) is 26.3 Å². The molecule has 0 spiro atoms. The summed E-state index contributed by atoms with van der Waals surface area (Å²) < 4.78 is 5.20. The van der Waals surface area contributed by atoms with E-state index in [9.17, 15) is 4.79 Å². The van der Waals surface area contributed by atoms with Gasteiger partial charge in [-0.25, -0.2) is 0 Å². The first-order valence-electron chi connectivity index (χ1n) is 7.07. The Hall–Kier alpha value is -2.29. The summed E-state index contributed by atoms with van der Waals surface area (Å²) in [5.41, 5.74) is 3.26. The van der Waals surface area contributed by atoms with Crippen LogP contribution in [-0.2, 0) is 11.2 Å². The van der Waals surface area contributed by atoms with E-state index >= 15 is 0 Å². The molecule has 2 rings (SSSR count). The third-order valence-corrected chi connectivity index (χ3v) is 3.46. The van der Waals surface area contributed by atoms with Crippen molar-refractivity contribution in [3.05, 3.63) is 65.2 Å². The third kappa shape index (κ3) is 4.35. The fourth-order valence-electron chi connectivity index (χ4n) is 2.18. The standard InChI is InChI=1S/C18H21NO2/c1-13-7-9-15(10-8-13)11-18(20)19-14(2)16-5-4-6-17(12-16)21-3/h4-10,12,14H,11H2,1-3H3,(H,19,20). The Morgan fingerprint density at radius 2 is 1.90 bits per heavy atom. The molecular weight excluding hydrogens is 262 g/mol. The number of hydrogen-bond donors (Lipinski definition) is 1. The van der Waals surface area contributed by atoms with Gasteiger partial charge in [0, 0.05) is 0 Å². The molecule has 2 aromatic carbocycles. The topological polar surface area (TPSA) is 38.3 Å². The average Bonchev–Trinajstić information content (AvgIpc) is 2.49. The maximum Gasteiger partial charge on any atom is 0.224 e. The van der Waals surface area contributed by atoms with E-state index < -0.39 is 0 Å². The highest BCUT2D eigenvalue weighted by atomic mass is 16.5. The van der Waals surface area contributed by atoms with Gasteiger partial charge in [0.2, 0.25) is 5.91 Å². The predicted octanol–water partition coefficient (Wildman–Crippen LogP) is 3.42. The van der Waals surface area contributed by atoms with Crippen LogP contribution in [0.2, 0.25) is 0 Å². The second-order valence-corrected chi connectivity index (χ2v) is 5.23. The minimum Gasteiger partial charge on any atom is -0.497 e. The Morgan fingerprint density at radius 1 is 1.19 bits per heavy atom. The molecule has 0 saturated carbocycles. The normalized spacial score (nSPS) is 11.8. The van der Waals surface area contributed by atoms with Crippen molar-refractivity contribution >= 4 is 5.91 Å². The van der Waals surface area contributed by atoms with E-state index in [0.717, 1.165) is 16.9 Å². The van der Waals surface area contributed by atoms with Crippen LogP contribution in [0, 0.1) is 6.92 Å². The summed E-state index contributed by atoms with van der Waals surface area (Å²) in [5, 5.41) is 3.02. The molecule has 1 unspecified atom stereocenters. The number of methoxy groups -OCH3 is 1. The Kier molecular flexibility index (Phi) is 4.99. The van der Waals surface area contributed by atoms with Gasteiger partial charge in [-0.15, -0.1) is 0 Å². The molecule has 1 amide bonds. The highest BCUT2D eigenvalue weighted by Crippen LogP contribution is 2.18. The van der Waals surface area contributed by atoms with Crippen LogP contribution in [0.15, 0.2) is 48.5 Å². The van der Waals surface area contributed by atoms with Gasteiger partial charge in [-0.1, -0.05) is 42.0 Å². The monoisotopic (exact) mass is 283 g/mol. The number of rotatable bonds is 5. The lowest BCUT2D eigenvalue weighted by atomic mass is 10.1. The third-order valence-electron chi connectivity index (χ3n) is 3.46. The lowest BCUT2D eigenvalue weighted by molar-refractivity contribution is -0.121. The first kappa shape index (κ1) is 15.1. The number of hydrogen-bond acceptors (Lipinski definition) is 2. The number of carbonyl (C=O) groups excluding carboxylic acids is 1. The van der Waals surface area contributed by atoms with Crippen LogP contribution < -0.4 is 10.1 Å². The summed E-state index contributed by atoms with van der Waals surface area (Å²) in [6.07, 6.45) is 0.397. The van der Waals surface area contributed by atoms with Crippen molar-refractivity contribution in [2.24, 2.45) is 0 Å². The molecule has 3 nitrogen and oxygen atoms in total. The molecule has 0 bridgehead atoms. The summed E-state index contributed by atoms with van der Waals surface area (Å²) in [6.45, 7) is 4.01. The maximum absolute atomic E-state index is 12.1. The van der Waals surface area contributed by atoms with E-state index in [-0.39, 0.29) is 11.9 Å². The second kappa shape index (κ2) is 6.93. The zero-order chi connectivity index (χ0) is 15.2. The van der Waals surface area contributed by atoms with Crippen molar-refractivity contribution in [1.82, 2.24) is 5.32 Å². The molecule has 0 aliphatic carbocycles. The van der Waals surface area contributed by atoms with Gasteiger partial charge >= 0.3 is 0 Å². The largest absolute Gasteiger partial charge is 0.497 e. The van der Waals surface area contributed by atoms with Crippen LogP contribution >= 0.6 is 0 Å². The molecule has 0 heterocycles. The van der Waals surface area contributed by atoms with Gasteiger partial charge in [-0.3, -0.25) is 4.79 Å². The van der Waals surface area contributed by atoms with Crippen molar-refractivity contribution in [3.63, 3.8) is 0 Å². The minimum absolute atomic E-state index is 0.0224. The number of carbonyl (C=O) groups is 1. The molecule has 0 aliphatic rings. The SMILES string of the molecule is COc1cccc(C(C)NC(=O)Cc2ccc(C)cc2)c1. The highest BCUT2D eigenvalue weighted by molar-refractivity contribution is 5.79. The first-order chi connectivity index (χ1) is 10.1. The van der Waals surface area contributed by atoms with Gasteiger partial charge in [-0.05, 0) is 37.1 Å². The summed E-state index contributed by atoms with van der Waals surface area (Å²) in [6, 6.07) is 15.7. The molecule has 1 atom stereocenters. The number of nitrogens with one attached hydrogen (secondary N) is 1. The molecular formula is C18H21NO2. The van der Waals surface area contributed by atoms with Crippen molar-refractivity contribution in [1.29, 1.82) is 0 Å². The summed E-state index contributed by atoms with van der Waals surface area (Å²) >= 11 is 0. The van der Waals surface area contributed by atoms with E-state index in [0.29, 0.717) is 6.42 Å². The first-order valence-corrected chi connectivity index (χ1v) is 7.07. The van der Waals surface area contributed by atoms with Crippen LogP contribution in [0.3, 0.4) is 0 Å². The van der Waals surface area contributed by atoms with Crippen LogP contribution in [0.25, 0.3) is 0 Å². The summed E-state index contributed by atoms with van der Waals surface area (Å²) in [7, 11) is 1.64. The zero-order valence-corrected chi connectivity index (χ0v) is 12.7. The summed E-state index contributed by atoms with van der Waals surface area (Å²) in [5.74, 6) is 0.821. The van der Waals surface area contributed by atoms with E-state index in [1.807, 2.05) is 62.4 Å². The number of benzene rings is 2. The number of amides is 1. The van der Waals surface area contributed by atoms with Crippen molar-refractivity contribution in [2.75, 3.05) is 7.11 Å². The molecule has 0 saturated heterocycles. The Bertz CT molecular complexity index is 605. The summed E-state index contributed by atoms with van der Waals surface area (Å²) in [4.78, 5) is 12.1. The smallest absolute Gasteiger partial charge is 0.224 e. The number of aryl methyl sites for hydroxylation is 1. The molecule has 110 valence electrons. The Balaban J connectivity index is 1.96. The Morgan fingerprint density at radius 3 is 2.57 bits per heavy atom. The van der Waals surface area contributed by atoms with Gasteiger partial charge in [0.1, 0.15) is 5.75 Å². The predicted molar refractivity (Wildman–Crippen MR) is 84.4 cm³/mol. The minimum atomic E-state index is -0.0435. The van der Waals surface area contributed by atoms with Gasteiger partial charge in [0.05, 0.1) is 19.6 Å². The van der Waals surface area contributed by atoms with E-state index in [4.69, 9.17) is 4.74 Å². The molecule has 0 radical (unpaired) electrons. The molecule has 2 aromatic rings. The lowest BCUT2D eigenvalue weighted by Gasteiger charge is -2.15. The van der Waals surface area contributed by atoms with Crippen molar-refractivity contribution < 1.29 is 9.53 Å². The molecule has 0 aliphatic heterocycles. The highest BCUT2D eigenvalue weighted by Gasteiger charge is 2.10. The fraction of sp³-hybridized carbons (Fsp3) is 0.278.